The van der Waals surface area contributed by atoms with Crippen LogP contribution in [0, 0.1) is 5.82 Å². The Balaban J connectivity index is 2.97. The van der Waals surface area contributed by atoms with Gasteiger partial charge in [0.05, 0.1) is 5.69 Å². The molecule has 0 unspecified atom stereocenters. The maximum absolute atomic E-state index is 13.2. The van der Waals surface area contributed by atoms with E-state index in [9.17, 15) is 4.39 Å². The molecule has 2 N–H and O–H groups in total. The second-order valence-corrected chi connectivity index (χ2v) is 5.23. The third-order valence-corrected chi connectivity index (χ3v) is 3.20. The third-order valence-electron chi connectivity index (χ3n) is 2.85. The molecule has 0 bridgehead atoms. The van der Waals surface area contributed by atoms with Crippen LogP contribution in [0.3, 0.4) is 0 Å². The Bertz CT molecular complexity index is 383. The SMILES string of the molecule is CC(C)N(Cc1cc(N)c(F)cc1Cl)C(C)C. The standard InChI is InChI=1S/C13H20ClFN2/c1-8(2)17(9(3)4)7-10-5-13(16)12(15)6-11(10)14/h5-6,8-9H,7,16H2,1-4H3. The Morgan fingerprint density at radius 2 is 1.76 bits per heavy atom. The Morgan fingerprint density at radius 3 is 2.24 bits per heavy atom. The number of anilines is 1. The van der Waals surface area contributed by atoms with Crippen LogP contribution < -0.4 is 5.73 Å². The van der Waals surface area contributed by atoms with Gasteiger partial charge in [-0.25, -0.2) is 4.39 Å². The second-order valence-electron chi connectivity index (χ2n) is 4.82. The molecule has 0 atom stereocenters. The van der Waals surface area contributed by atoms with Gasteiger partial charge in [0.25, 0.3) is 0 Å². The van der Waals surface area contributed by atoms with E-state index < -0.39 is 5.82 Å². The summed E-state index contributed by atoms with van der Waals surface area (Å²) in [5.74, 6) is -0.459. The Kier molecular flexibility index (Phi) is 4.78. The quantitative estimate of drug-likeness (QED) is 0.835. The van der Waals surface area contributed by atoms with E-state index in [-0.39, 0.29) is 5.69 Å². The fourth-order valence-electron chi connectivity index (χ4n) is 1.89. The lowest BCUT2D eigenvalue weighted by atomic mass is 10.1. The van der Waals surface area contributed by atoms with E-state index in [1.807, 2.05) is 0 Å². The lowest BCUT2D eigenvalue weighted by Gasteiger charge is -2.30. The molecule has 1 aromatic carbocycles. The van der Waals surface area contributed by atoms with Crippen molar-refractivity contribution < 1.29 is 4.39 Å². The molecule has 0 saturated heterocycles. The molecular formula is C13H20ClFN2. The highest BCUT2D eigenvalue weighted by molar-refractivity contribution is 6.31. The van der Waals surface area contributed by atoms with E-state index >= 15 is 0 Å². The van der Waals surface area contributed by atoms with Gasteiger partial charge in [0.15, 0.2) is 0 Å². The van der Waals surface area contributed by atoms with Gasteiger partial charge in [0.1, 0.15) is 5.82 Å². The molecular weight excluding hydrogens is 239 g/mol. The zero-order chi connectivity index (χ0) is 13.2. The van der Waals surface area contributed by atoms with Crippen LogP contribution in [0.1, 0.15) is 33.3 Å². The first-order chi connectivity index (χ1) is 7.82. The molecule has 1 aromatic rings. The lowest BCUT2D eigenvalue weighted by Crippen LogP contribution is -2.36. The minimum absolute atomic E-state index is 0.150. The first-order valence-electron chi connectivity index (χ1n) is 5.82. The highest BCUT2D eigenvalue weighted by atomic mass is 35.5. The van der Waals surface area contributed by atoms with Crippen molar-refractivity contribution in [3.05, 3.63) is 28.5 Å². The van der Waals surface area contributed by atoms with Crippen LogP contribution in [0.15, 0.2) is 12.1 Å². The smallest absolute Gasteiger partial charge is 0.147 e. The van der Waals surface area contributed by atoms with Crippen molar-refractivity contribution in [1.82, 2.24) is 4.90 Å². The van der Waals surface area contributed by atoms with Gasteiger partial charge < -0.3 is 5.73 Å². The molecule has 0 aromatic heterocycles. The molecule has 96 valence electrons. The largest absolute Gasteiger partial charge is 0.396 e. The van der Waals surface area contributed by atoms with Gasteiger partial charge in [0, 0.05) is 23.7 Å². The van der Waals surface area contributed by atoms with Gasteiger partial charge >= 0.3 is 0 Å². The molecule has 17 heavy (non-hydrogen) atoms. The molecule has 0 saturated carbocycles. The molecule has 0 aliphatic heterocycles. The number of hydrogen-bond donors (Lipinski definition) is 1. The van der Waals surface area contributed by atoms with Crippen LogP contribution in [0.5, 0.6) is 0 Å². The topological polar surface area (TPSA) is 29.3 Å². The number of nitrogens with zero attached hydrogens (tertiary/aromatic N) is 1. The van der Waals surface area contributed by atoms with Crippen molar-refractivity contribution >= 4 is 17.3 Å². The highest BCUT2D eigenvalue weighted by Crippen LogP contribution is 2.24. The van der Waals surface area contributed by atoms with Gasteiger partial charge in [-0.2, -0.15) is 0 Å². The molecule has 0 spiro atoms. The summed E-state index contributed by atoms with van der Waals surface area (Å²) in [6.07, 6.45) is 0. The molecule has 2 nitrogen and oxygen atoms in total. The van der Waals surface area contributed by atoms with Crippen molar-refractivity contribution in [3.63, 3.8) is 0 Å². The average Bonchev–Trinajstić information content (AvgIpc) is 2.20. The van der Waals surface area contributed by atoms with E-state index in [4.69, 9.17) is 17.3 Å². The maximum Gasteiger partial charge on any atom is 0.147 e. The summed E-state index contributed by atoms with van der Waals surface area (Å²) in [6, 6.07) is 3.70. The first-order valence-corrected chi connectivity index (χ1v) is 6.19. The van der Waals surface area contributed by atoms with Crippen LogP contribution in [0.25, 0.3) is 0 Å². The van der Waals surface area contributed by atoms with E-state index in [1.54, 1.807) is 6.07 Å². The molecule has 4 heteroatoms. The summed E-state index contributed by atoms with van der Waals surface area (Å²) in [6.45, 7) is 9.18. The number of rotatable bonds is 4. The minimum Gasteiger partial charge on any atom is -0.396 e. The molecule has 0 fully saturated rings. The molecule has 0 aliphatic carbocycles. The molecule has 0 amide bonds. The first kappa shape index (κ1) is 14.3. The summed E-state index contributed by atoms with van der Waals surface area (Å²) in [4.78, 5) is 2.28. The second kappa shape index (κ2) is 5.69. The number of halogens is 2. The summed E-state index contributed by atoms with van der Waals surface area (Å²) in [5.41, 5.74) is 6.58. The van der Waals surface area contributed by atoms with Gasteiger partial charge in [-0.3, -0.25) is 4.90 Å². The zero-order valence-electron chi connectivity index (χ0n) is 10.8. The third kappa shape index (κ3) is 3.58. The van der Waals surface area contributed by atoms with Gasteiger partial charge in [-0.1, -0.05) is 11.6 Å². The van der Waals surface area contributed by atoms with Crippen LogP contribution >= 0.6 is 11.6 Å². The van der Waals surface area contributed by atoms with E-state index in [0.29, 0.717) is 23.7 Å². The van der Waals surface area contributed by atoms with Crippen LogP contribution in [0.4, 0.5) is 10.1 Å². The highest BCUT2D eigenvalue weighted by Gasteiger charge is 2.16. The predicted molar refractivity (Wildman–Crippen MR) is 71.6 cm³/mol. The fourth-order valence-corrected chi connectivity index (χ4v) is 2.10. The normalized spacial score (nSPS) is 11.8. The van der Waals surface area contributed by atoms with Crippen molar-refractivity contribution in [1.29, 1.82) is 0 Å². The van der Waals surface area contributed by atoms with E-state index in [1.165, 1.54) is 6.07 Å². The van der Waals surface area contributed by atoms with Crippen LogP contribution in [-0.4, -0.2) is 17.0 Å². The van der Waals surface area contributed by atoms with Crippen molar-refractivity contribution in [2.24, 2.45) is 0 Å². The number of nitrogens with two attached hydrogens (primary N) is 1. The summed E-state index contributed by atoms with van der Waals surface area (Å²) < 4.78 is 13.2. The molecule has 0 heterocycles. The van der Waals surface area contributed by atoms with Gasteiger partial charge in [-0.15, -0.1) is 0 Å². The molecule has 0 aliphatic rings. The Labute approximate surface area is 108 Å². The molecule has 1 rings (SSSR count). The van der Waals surface area contributed by atoms with E-state index in [2.05, 4.69) is 32.6 Å². The summed E-state index contributed by atoms with van der Waals surface area (Å²) in [7, 11) is 0. The van der Waals surface area contributed by atoms with Gasteiger partial charge in [0.2, 0.25) is 0 Å². The number of nitrogen functional groups attached to an aromatic ring is 1. The van der Waals surface area contributed by atoms with E-state index in [0.717, 1.165) is 5.56 Å². The molecule has 0 radical (unpaired) electrons. The van der Waals surface area contributed by atoms with Gasteiger partial charge in [-0.05, 0) is 45.4 Å². The van der Waals surface area contributed by atoms with Crippen molar-refractivity contribution in [3.8, 4) is 0 Å². The monoisotopic (exact) mass is 258 g/mol. The lowest BCUT2D eigenvalue weighted by molar-refractivity contribution is 0.166. The Morgan fingerprint density at radius 1 is 1.24 bits per heavy atom. The number of benzene rings is 1. The Hall–Kier alpha value is -0.800. The zero-order valence-corrected chi connectivity index (χ0v) is 11.6. The minimum atomic E-state index is -0.459. The summed E-state index contributed by atoms with van der Waals surface area (Å²) >= 11 is 6.03. The van der Waals surface area contributed by atoms with Crippen LogP contribution in [-0.2, 0) is 6.54 Å². The van der Waals surface area contributed by atoms with Crippen molar-refractivity contribution in [2.75, 3.05) is 5.73 Å². The van der Waals surface area contributed by atoms with Crippen LogP contribution in [0.2, 0.25) is 5.02 Å². The predicted octanol–water partition coefficient (Wildman–Crippen LogP) is 3.68. The summed E-state index contributed by atoms with van der Waals surface area (Å²) in [5, 5.41) is 0.433. The fraction of sp³-hybridized carbons (Fsp3) is 0.538. The average molecular weight is 259 g/mol. The van der Waals surface area contributed by atoms with Crippen molar-refractivity contribution in [2.45, 2.75) is 46.3 Å². The number of hydrogen-bond acceptors (Lipinski definition) is 2. The maximum atomic E-state index is 13.2.